The van der Waals surface area contributed by atoms with E-state index in [1.54, 1.807) is 36.3 Å². The van der Waals surface area contributed by atoms with Crippen molar-refractivity contribution < 1.29 is 19.1 Å². The summed E-state index contributed by atoms with van der Waals surface area (Å²) in [6.07, 6.45) is -0.218. The lowest BCUT2D eigenvalue weighted by Gasteiger charge is -2.36. The highest BCUT2D eigenvalue weighted by Crippen LogP contribution is 2.17. The van der Waals surface area contributed by atoms with Crippen LogP contribution in [0.4, 0.5) is 0 Å². The van der Waals surface area contributed by atoms with E-state index in [0.29, 0.717) is 49.8 Å². The third kappa shape index (κ3) is 6.07. The zero-order valence-corrected chi connectivity index (χ0v) is 18.8. The van der Waals surface area contributed by atoms with E-state index in [1.165, 1.54) is 0 Å². The molecule has 1 atom stereocenters. The van der Waals surface area contributed by atoms with Crippen LogP contribution in [0.2, 0.25) is 0 Å². The first-order chi connectivity index (χ1) is 14.9. The van der Waals surface area contributed by atoms with Gasteiger partial charge in [0.1, 0.15) is 5.75 Å². The van der Waals surface area contributed by atoms with E-state index in [4.69, 9.17) is 9.47 Å². The SMILES string of the molecule is COc1ccc(C(=O)N2CCOC(CN(CC(C)C)C(=O)c3ccc(C)cc3)C2)cc1. The number of benzene rings is 2. The molecular formula is C25H32N2O4. The van der Waals surface area contributed by atoms with Crippen LogP contribution < -0.4 is 4.74 Å². The van der Waals surface area contributed by atoms with Crippen LogP contribution in [0.25, 0.3) is 0 Å². The summed E-state index contributed by atoms with van der Waals surface area (Å²) in [7, 11) is 1.60. The van der Waals surface area contributed by atoms with Crippen molar-refractivity contribution in [3.8, 4) is 5.75 Å². The van der Waals surface area contributed by atoms with Crippen molar-refractivity contribution in [3.63, 3.8) is 0 Å². The number of ether oxygens (including phenoxy) is 2. The number of nitrogens with zero attached hydrogens (tertiary/aromatic N) is 2. The van der Waals surface area contributed by atoms with Gasteiger partial charge in [0.25, 0.3) is 11.8 Å². The maximum Gasteiger partial charge on any atom is 0.254 e. The molecule has 0 saturated carbocycles. The van der Waals surface area contributed by atoms with Gasteiger partial charge in [-0.05, 0) is 49.2 Å². The molecule has 0 aliphatic carbocycles. The van der Waals surface area contributed by atoms with Crippen LogP contribution in [0.3, 0.4) is 0 Å². The Morgan fingerprint density at radius 2 is 1.74 bits per heavy atom. The van der Waals surface area contributed by atoms with Gasteiger partial charge in [0.05, 0.1) is 19.8 Å². The number of aryl methyl sites for hydroxylation is 1. The van der Waals surface area contributed by atoms with Crippen LogP contribution in [0.5, 0.6) is 5.75 Å². The zero-order chi connectivity index (χ0) is 22.4. The maximum absolute atomic E-state index is 13.1. The van der Waals surface area contributed by atoms with E-state index >= 15 is 0 Å². The van der Waals surface area contributed by atoms with Gasteiger partial charge < -0.3 is 19.3 Å². The molecule has 6 nitrogen and oxygen atoms in total. The summed E-state index contributed by atoms with van der Waals surface area (Å²) in [5.74, 6) is 1.01. The molecule has 2 amide bonds. The highest BCUT2D eigenvalue weighted by Gasteiger charge is 2.28. The molecule has 0 spiro atoms. The van der Waals surface area contributed by atoms with E-state index in [0.717, 1.165) is 11.3 Å². The van der Waals surface area contributed by atoms with Crippen LogP contribution in [-0.2, 0) is 4.74 Å². The molecular weight excluding hydrogens is 392 g/mol. The van der Waals surface area contributed by atoms with Crippen molar-refractivity contribution in [3.05, 3.63) is 65.2 Å². The molecule has 3 rings (SSSR count). The molecule has 0 bridgehead atoms. The van der Waals surface area contributed by atoms with Crippen molar-refractivity contribution in [1.29, 1.82) is 0 Å². The minimum absolute atomic E-state index is 0.00379. The van der Waals surface area contributed by atoms with Crippen molar-refractivity contribution in [2.75, 3.05) is 39.9 Å². The molecule has 31 heavy (non-hydrogen) atoms. The van der Waals surface area contributed by atoms with Gasteiger partial charge in [0, 0.05) is 37.3 Å². The number of methoxy groups -OCH3 is 1. The van der Waals surface area contributed by atoms with Gasteiger partial charge >= 0.3 is 0 Å². The molecule has 6 heteroatoms. The second-order valence-corrected chi connectivity index (χ2v) is 8.44. The standard InChI is InChI=1S/C25H32N2O4/c1-18(2)15-27(25(29)20-7-5-19(3)6-8-20)17-23-16-26(13-14-31-23)24(28)21-9-11-22(30-4)12-10-21/h5-12,18,23H,13-17H2,1-4H3. The number of rotatable bonds is 7. The number of amides is 2. The smallest absolute Gasteiger partial charge is 0.254 e. The highest BCUT2D eigenvalue weighted by molar-refractivity contribution is 5.95. The van der Waals surface area contributed by atoms with Gasteiger partial charge in [-0.3, -0.25) is 9.59 Å². The molecule has 2 aromatic carbocycles. The molecule has 0 N–H and O–H groups in total. The fourth-order valence-electron chi connectivity index (χ4n) is 3.74. The Morgan fingerprint density at radius 1 is 1.10 bits per heavy atom. The van der Waals surface area contributed by atoms with Gasteiger partial charge in [0.2, 0.25) is 0 Å². The van der Waals surface area contributed by atoms with Crippen LogP contribution in [0.15, 0.2) is 48.5 Å². The predicted molar refractivity (Wildman–Crippen MR) is 121 cm³/mol. The monoisotopic (exact) mass is 424 g/mol. The number of hydrogen-bond donors (Lipinski definition) is 0. The Bertz CT molecular complexity index is 877. The molecule has 1 heterocycles. The van der Waals surface area contributed by atoms with Gasteiger partial charge in [-0.1, -0.05) is 31.5 Å². The molecule has 1 aliphatic heterocycles. The zero-order valence-electron chi connectivity index (χ0n) is 18.8. The lowest BCUT2D eigenvalue weighted by atomic mass is 10.1. The lowest BCUT2D eigenvalue weighted by Crippen LogP contribution is -2.51. The topological polar surface area (TPSA) is 59.1 Å². The fourth-order valence-corrected chi connectivity index (χ4v) is 3.74. The number of hydrogen-bond acceptors (Lipinski definition) is 4. The Hall–Kier alpha value is -2.86. The van der Waals surface area contributed by atoms with Gasteiger partial charge in [-0.2, -0.15) is 0 Å². The second kappa shape index (κ2) is 10.4. The van der Waals surface area contributed by atoms with E-state index < -0.39 is 0 Å². The fraction of sp³-hybridized carbons (Fsp3) is 0.440. The Kier molecular flexibility index (Phi) is 7.69. The molecule has 1 fully saturated rings. The molecule has 1 unspecified atom stereocenters. The molecule has 166 valence electrons. The molecule has 1 aliphatic rings. The summed E-state index contributed by atoms with van der Waals surface area (Å²) < 4.78 is 11.1. The highest BCUT2D eigenvalue weighted by atomic mass is 16.5. The van der Waals surface area contributed by atoms with Gasteiger partial charge in [-0.15, -0.1) is 0 Å². The third-order valence-electron chi connectivity index (χ3n) is 5.36. The molecule has 2 aromatic rings. The lowest BCUT2D eigenvalue weighted by molar-refractivity contribution is -0.0340. The van der Waals surface area contributed by atoms with Crippen LogP contribution in [0, 0.1) is 12.8 Å². The summed E-state index contributed by atoms with van der Waals surface area (Å²) >= 11 is 0. The number of morpholine rings is 1. The number of carbonyl (C=O) groups is 2. The molecule has 1 saturated heterocycles. The second-order valence-electron chi connectivity index (χ2n) is 8.44. The average molecular weight is 425 g/mol. The molecule has 0 aromatic heterocycles. The van der Waals surface area contributed by atoms with Crippen molar-refractivity contribution in [2.24, 2.45) is 5.92 Å². The third-order valence-corrected chi connectivity index (χ3v) is 5.36. The van der Waals surface area contributed by atoms with E-state index in [2.05, 4.69) is 13.8 Å². The van der Waals surface area contributed by atoms with Crippen molar-refractivity contribution in [2.45, 2.75) is 26.9 Å². The summed E-state index contributed by atoms with van der Waals surface area (Å²) in [6.45, 7) is 8.74. The first kappa shape index (κ1) is 22.8. The van der Waals surface area contributed by atoms with Crippen LogP contribution >= 0.6 is 0 Å². The first-order valence-electron chi connectivity index (χ1n) is 10.8. The Labute approximate surface area is 184 Å². The summed E-state index contributed by atoms with van der Waals surface area (Å²) in [6, 6.07) is 14.8. The first-order valence-corrected chi connectivity index (χ1v) is 10.8. The number of carbonyl (C=O) groups excluding carboxylic acids is 2. The van der Waals surface area contributed by atoms with E-state index in [-0.39, 0.29) is 17.9 Å². The largest absolute Gasteiger partial charge is 0.497 e. The van der Waals surface area contributed by atoms with E-state index in [1.807, 2.05) is 36.1 Å². The summed E-state index contributed by atoms with van der Waals surface area (Å²) in [5, 5.41) is 0. The Balaban J connectivity index is 1.68. The van der Waals surface area contributed by atoms with Gasteiger partial charge in [0.15, 0.2) is 0 Å². The minimum atomic E-state index is -0.218. The van der Waals surface area contributed by atoms with Crippen molar-refractivity contribution >= 4 is 11.8 Å². The summed E-state index contributed by atoms with van der Waals surface area (Å²) in [5.41, 5.74) is 2.42. The van der Waals surface area contributed by atoms with E-state index in [9.17, 15) is 9.59 Å². The average Bonchev–Trinajstić information content (AvgIpc) is 2.78. The summed E-state index contributed by atoms with van der Waals surface area (Å²) in [4.78, 5) is 29.7. The Morgan fingerprint density at radius 3 is 2.35 bits per heavy atom. The van der Waals surface area contributed by atoms with Crippen molar-refractivity contribution in [1.82, 2.24) is 9.80 Å². The maximum atomic E-state index is 13.1. The minimum Gasteiger partial charge on any atom is -0.497 e. The normalized spacial score (nSPS) is 16.3. The van der Waals surface area contributed by atoms with Crippen LogP contribution in [-0.4, -0.2) is 67.6 Å². The quantitative estimate of drug-likeness (QED) is 0.681. The molecule has 0 radical (unpaired) electrons. The van der Waals surface area contributed by atoms with Crippen LogP contribution in [0.1, 0.15) is 40.1 Å². The van der Waals surface area contributed by atoms with Gasteiger partial charge in [-0.25, -0.2) is 0 Å². The predicted octanol–water partition coefficient (Wildman–Crippen LogP) is 3.64.